The third kappa shape index (κ3) is 3.91. The van der Waals surface area contributed by atoms with Crippen molar-refractivity contribution in [1.82, 2.24) is 4.98 Å². The molecule has 4 rings (SSSR count). The number of aliphatic hydroxyl groups excluding tert-OH is 2. The van der Waals surface area contributed by atoms with Crippen molar-refractivity contribution in [1.29, 1.82) is 0 Å². The molecular formula is C25H24N2O5. The Hall–Kier alpha value is -3.81. The van der Waals surface area contributed by atoms with E-state index in [0.717, 1.165) is 21.9 Å². The van der Waals surface area contributed by atoms with Crippen LogP contribution < -0.4 is 14.8 Å². The molecule has 0 aliphatic carbocycles. The third-order valence-corrected chi connectivity index (χ3v) is 5.39. The minimum absolute atomic E-state index is 0.111. The van der Waals surface area contributed by atoms with Gasteiger partial charge in [-0.05, 0) is 75.5 Å². The van der Waals surface area contributed by atoms with Crippen LogP contribution in [0.3, 0.4) is 0 Å². The molecule has 7 heteroatoms. The van der Waals surface area contributed by atoms with Crippen LogP contribution in [0.25, 0.3) is 21.9 Å². The molecule has 0 radical (unpaired) electrons. The molecule has 1 aromatic heterocycles. The molecule has 0 bridgehead atoms. The highest BCUT2D eigenvalue weighted by atomic mass is 16.5. The van der Waals surface area contributed by atoms with E-state index in [4.69, 9.17) is 9.47 Å². The first kappa shape index (κ1) is 21.4. The highest BCUT2D eigenvalue weighted by molar-refractivity contribution is 6.01. The van der Waals surface area contributed by atoms with Gasteiger partial charge in [0, 0.05) is 6.20 Å². The van der Waals surface area contributed by atoms with Crippen molar-refractivity contribution in [2.75, 3.05) is 19.5 Å². The number of pyridine rings is 1. The first-order chi connectivity index (χ1) is 15.6. The quantitative estimate of drug-likeness (QED) is 0.322. The summed E-state index contributed by atoms with van der Waals surface area (Å²) in [6.07, 6.45) is 1.65. The summed E-state index contributed by atoms with van der Waals surface area (Å²) in [5, 5.41) is 35.0. The molecule has 0 saturated carbocycles. The molecule has 32 heavy (non-hydrogen) atoms. The third-order valence-electron chi connectivity index (χ3n) is 5.39. The zero-order valence-corrected chi connectivity index (χ0v) is 17.8. The van der Waals surface area contributed by atoms with Crippen molar-refractivity contribution in [2.45, 2.75) is 13.2 Å². The standard InChI is InChI=1S/C25H24N2O5/c1-31-22-10-16-9-17(13-28)19(14-29)25(18(16)12-23(22)32-2)15-7-8-26-24(11-15)27-20-5-3-4-6-21(20)30/h3-12,28-30H,13-14H2,1-2H3,(H,26,27). The molecule has 7 nitrogen and oxygen atoms in total. The monoisotopic (exact) mass is 432 g/mol. The Morgan fingerprint density at radius 3 is 2.34 bits per heavy atom. The molecule has 0 atom stereocenters. The largest absolute Gasteiger partial charge is 0.506 e. The van der Waals surface area contributed by atoms with Gasteiger partial charge in [0.05, 0.1) is 33.1 Å². The Morgan fingerprint density at radius 2 is 1.66 bits per heavy atom. The number of aliphatic hydroxyl groups is 2. The van der Waals surface area contributed by atoms with Crippen LogP contribution in [0.4, 0.5) is 11.5 Å². The predicted octanol–water partition coefficient (Wildman–Crippen LogP) is 4.35. The Kier molecular flexibility index (Phi) is 6.11. The summed E-state index contributed by atoms with van der Waals surface area (Å²) in [6.45, 7) is -0.471. The summed E-state index contributed by atoms with van der Waals surface area (Å²) in [4.78, 5) is 4.36. The van der Waals surface area contributed by atoms with Gasteiger partial charge in [-0.25, -0.2) is 4.98 Å². The van der Waals surface area contributed by atoms with Gasteiger partial charge >= 0.3 is 0 Å². The van der Waals surface area contributed by atoms with E-state index in [9.17, 15) is 15.3 Å². The molecule has 0 amide bonds. The van der Waals surface area contributed by atoms with Gasteiger partial charge in [0.2, 0.25) is 0 Å². The molecular weight excluding hydrogens is 408 g/mol. The topological polar surface area (TPSA) is 104 Å². The minimum Gasteiger partial charge on any atom is -0.506 e. The molecule has 0 spiro atoms. The number of phenols is 1. The van der Waals surface area contributed by atoms with Crippen molar-refractivity contribution in [3.63, 3.8) is 0 Å². The fraction of sp³-hybridized carbons (Fsp3) is 0.160. The Labute approximate surface area is 185 Å². The van der Waals surface area contributed by atoms with E-state index in [1.807, 2.05) is 36.4 Å². The lowest BCUT2D eigenvalue weighted by Crippen LogP contribution is -2.01. The summed E-state index contributed by atoms with van der Waals surface area (Å²) in [5.74, 6) is 1.77. The zero-order chi connectivity index (χ0) is 22.7. The summed E-state index contributed by atoms with van der Waals surface area (Å²) < 4.78 is 10.9. The van der Waals surface area contributed by atoms with Gasteiger partial charge in [-0.1, -0.05) is 12.1 Å². The number of benzene rings is 3. The normalized spacial score (nSPS) is 10.9. The minimum atomic E-state index is -0.250. The number of nitrogens with zero attached hydrogens (tertiary/aromatic N) is 1. The van der Waals surface area contributed by atoms with Gasteiger partial charge in [-0.2, -0.15) is 0 Å². The average molecular weight is 432 g/mol. The van der Waals surface area contributed by atoms with E-state index in [2.05, 4.69) is 10.3 Å². The number of anilines is 2. The van der Waals surface area contributed by atoms with E-state index in [0.29, 0.717) is 34.1 Å². The second-order valence-corrected chi connectivity index (χ2v) is 7.21. The Bertz CT molecular complexity index is 1270. The van der Waals surface area contributed by atoms with Gasteiger partial charge in [0.1, 0.15) is 11.6 Å². The van der Waals surface area contributed by atoms with Crippen LogP contribution in [-0.2, 0) is 13.2 Å². The number of ether oxygens (including phenoxy) is 2. The maximum Gasteiger partial charge on any atom is 0.161 e. The van der Waals surface area contributed by atoms with Crippen LogP contribution in [0.1, 0.15) is 11.1 Å². The van der Waals surface area contributed by atoms with Gasteiger partial charge in [-0.15, -0.1) is 0 Å². The number of aromatic nitrogens is 1. The molecule has 164 valence electrons. The smallest absolute Gasteiger partial charge is 0.161 e. The number of rotatable bonds is 7. The molecule has 0 unspecified atom stereocenters. The lowest BCUT2D eigenvalue weighted by atomic mass is 9.90. The zero-order valence-electron chi connectivity index (χ0n) is 17.8. The average Bonchev–Trinajstić information content (AvgIpc) is 2.83. The van der Waals surface area contributed by atoms with Crippen molar-refractivity contribution in [3.05, 3.63) is 71.9 Å². The molecule has 0 aliphatic rings. The van der Waals surface area contributed by atoms with Crippen molar-refractivity contribution >= 4 is 22.3 Å². The summed E-state index contributed by atoms with van der Waals surface area (Å²) in [7, 11) is 3.14. The molecule has 0 saturated heterocycles. The van der Waals surface area contributed by atoms with E-state index < -0.39 is 0 Å². The van der Waals surface area contributed by atoms with E-state index in [1.165, 1.54) is 0 Å². The fourth-order valence-corrected chi connectivity index (χ4v) is 3.85. The van der Waals surface area contributed by atoms with Crippen molar-refractivity contribution in [3.8, 4) is 28.4 Å². The van der Waals surface area contributed by atoms with E-state index in [-0.39, 0.29) is 19.0 Å². The maximum atomic E-state index is 10.2. The first-order valence-electron chi connectivity index (χ1n) is 10.0. The number of hydrogen-bond acceptors (Lipinski definition) is 7. The number of para-hydroxylation sites is 2. The van der Waals surface area contributed by atoms with Crippen LogP contribution in [-0.4, -0.2) is 34.5 Å². The number of methoxy groups -OCH3 is 2. The number of hydrogen-bond donors (Lipinski definition) is 4. The highest BCUT2D eigenvalue weighted by Crippen LogP contribution is 2.41. The number of nitrogens with one attached hydrogen (secondary N) is 1. The fourth-order valence-electron chi connectivity index (χ4n) is 3.85. The highest BCUT2D eigenvalue weighted by Gasteiger charge is 2.18. The predicted molar refractivity (Wildman–Crippen MR) is 124 cm³/mol. The van der Waals surface area contributed by atoms with Crippen LogP contribution >= 0.6 is 0 Å². The van der Waals surface area contributed by atoms with Crippen molar-refractivity contribution in [2.24, 2.45) is 0 Å². The lowest BCUT2D eigenvalue weighted by Gasteiger charge is -2.18. The molecule has 0 fully saturated rings. The summed E-state index contributed by atoms with van der Waals surface area (Å²) in [6, 6.07) is 16.1. The van der Waals surface area contributed by atoms with Gasteiger partial charge in [0.25, 0.3) is 0 Å². The SMILES string of the molecule is COc1cc2cc(CO)c(CO)c(-c3ccnc(Nc4ccccc4O)c3)c2cc1OC. The van der Waals surface area contributed by atoms with Crippen molar-refractivity contribution < 1.29 is 24.8 Å². The summed E-state index contributed by atoms with van der Waals surface area (Å²) >= 11 is 0. The number of phenolic OH excluding ortho intramolecular Hbond substituents is 1. The van der Waals surface area contributed by atoms with Crippen LogP contribution in [0, 0.1) is 0 Å². The van der Waals surface area contributed by atoms with Crippen LogP contribution in [0.15, 0.2) is 60.8 Å². The Balaban J connectivity index is 1.94. The van der Waals surface area contributed by atoms with Gasteiger partial charge in [-0.3, -0.25) is 0 Å². The second-order valence-electron chi connectivity index (χ2n) is 7.21. The van der Waals surface area contributed by atoms with Gasteiger partial charge < -0.3 is 30.1 Å². The number of aromatic hydroxyl groups is 1. The molecule has 1 heterocycles. The number of fused-ring (bicyclic) bond motifs is 1. The molecule has 4 N–H and O–H groups in total. The lowest BCUT2D eigenvalue weighted by molar-refractivity contribution is 0.260. The van der Waals surface area contributed by atoms with E-state index >= 15 is 0 Å². The van der Waals surface area contributed by atoms with Crippen LogP contribution in [0.5, 0.6) is 17.2 Å². The van der Waals surface area contributed by atoms with E-state index in [1.54, 1.807) is 38.6 Å². The first-order valence-corrected chi connectivity index (χ1v) is 10.0. The maximum absolute atomic E-state index is 10.2. The molecule has 4 aromatic rings. The Morgan fingerprint density at radius 1 is 0.906 bits per heavy atom. The summed E-state index contributed by atoms with van der Waals surface area (Å²) in [5.41, 5.74) is 3.31. The molecule has 0 aliphatic heterocycles. The second kappa shape index (κ2) is 9.13. The van der Waals surface area contributed by atoms with Crippen LogP contribution in [0.2, 0.25) is 0 Å². The molecule has 3 aromatic carbocycles. The van der Waals surface area contributed by atoms with Gasteiger partial charge in [0.15, 0.2) is 11.5 Å².